The summed E-state index contributed by atoms with van der Waals surface area (Å²) in [6, 6.07) is 2.07. The number of likely N-dealkylation sites (tertiary alicyclic amines) is 1. The Kier molecular flexibility index (Phi) is 6.23. The van der Waals surface area contributed by atoms with Crippen LogP contribution in [0.2, 0.25) is 0 Å². The Morgan fingerprint density at radius 3 is 2.54 bits per heavy atom. The van der Waals surface area contributed by atoms with Gasteiger partial charge in [-0.1, -0.05) is 6.92 Å². The molecule has 1 atom stereocenters. The van der Waals surface area contributed by atoms with Gasteiger partial charge in [-0.3, -0.25) is 9.48 Å². The van der Waals surface area contributed by atoms with Crippen LogP contribution in [0, 0.1) is 19.8 Å². The Morgan fingerprint density at radius 1 is 1.33 bits per heavy atom. The van der Waals surface area contributed by atoms with E-state index in [9.17, 15) is 9.59 Å². The lowest BCUT2D eigenvalue weighted by Gasteiger charge is -2.31. The molecule has 1 aromatic rings. The molecule has 0 saturated carbocycles. The van der Waals surface area contributed by atoms with Crippen molar-refractivity contribution in [1.82, 2.24) is 25.3 Å². The summed E-state index contributed by atoms with van der Waals surface area (Å²) in [6.45, 7) is 10.5. The fraction of sp³-hybridized carbons (Fsp3) is 0.706. The number of carbonyl (C=O) groups is 2. The van der Waals surface area contributed by atoms with Crippen molar-refractivity contribution in [1.29, 1.82) is 0 Å². The second-order valence-electron chi connectivity index (χ2n) is 6.85. The molecule has 1 aromatic heterocycles. The minimum atomic E-state index is -0.128. The Balaban J connectivity index is 1.68. The first kappa shape index (κ1) is 18.3. The van der Waals surface area contributed by atoms with E-state index >= 15 is 0 Å². The fourth-order valence-corrected chi connectivity index (χ4v) is 3.06. The highest BCUT2D eigenvalue weighted by atomic mass is 16.2. The summed E-state index contributed by atoms with van der Waals surface area (Å²) >= 11 is 0. The van der Waals surface area contributed by atoms with Crippen LogP contribution in [0.1, 0.15) is 38.1 Å². The van der Waals surface area contributed by atoms with Crippen molar-refractivity contribution in [3.8, 4) is 0 Å². The van der Waals surface area contributed by atoms with Gasteiger partial charge >= 0.3 is 6.03 Å². The van der Waals surface area contributed by atoms with Crippen LogP contribution >= 0.6 is 0 Å². The molecule has 1 aliphatic rings. The molecule has 0 aliphatic carbocycles. The molecule has 0 bridgehead atoms. The van der Waals surface area contributed by atoms with E-state index in [4.69, 9.17) is 0 Å². The van der Waals surface area contributed by atoms with E-state index in [1.807, 2.05) is 23.4 Å². The monoisotopic (exact) mass is 335 g/mol. The predicted octanol–water partition coefficient (Wildman–Crippen LogP) is 1.45. The van der Waals surface area contributed by atoms with Crippen LogP contribution < -0.4 is 10.6 Å². The zero-order chi connectivity index (χ0) is 17.7. The van der Waals surface area contributed by atoms with Crippen molar-refractivity contribution in [2.75, 3.05) is 19.6 Å². The number of aryl methyl sites for hydroxylation is 2. The SMILES string of the molecule is CC(=O)N1CCC(NC(=O)NCC(C)Cn2nc(C)cc2C)CC1. The average Bonchev–Trinajstić information content (AvgIpc) is 2.83. The normalized spacial score (nSPS) is 16.8. The maximum Gasteiger partial charge on any atom is 0.315 e. The third-order valence-electron chi connectivity index (χ3n) is 4.47. The molecule has 2 N–H and O–H groups in total. The summed E-state index contributed by atoms with van der Waals surface area (Å²) in [5.41, 5.74) is 2.16. The summed E-state index contributed by atoms with van der Waals surface area (Å²) in [6.07, 6.45) is 1.63. The second kappa shape index (κ2) is 8.17. The number of nitrogens with one attached hydrogen (secondary N) is 2. The number of aromatic nitrogens is 2. The van der Waals surface area contributed by atoms with Crippen LogP contribution in [0.5, 0.6) is 0 Å². The first-order chi connectivity index (χ1) is 11.3. The molecule has 1 aliphatic heterocycles. The van der Waals surface area contributed by atoms with Gasteiger partial charge in [0.05, 0.1) is 5.69 Å². The Hall–Kier alpha value is -2.05. The molecular formula is C17H29N5O2. The van der Waals surface area contributed by atoms with Gasteiger partial charge in [-0.2, -0.15) is 5.10 Å². The lowest BCUT2D eigenvalue weighted by molar-refractivity contribution is -0.129. The Bertz CT molecular complexity index is 576. The summed E-state index contributed by atoms with van der Waals surface area (Å²) in [5.74, 6) is 0.407. The van der Waals surface area contributed by atoms with Gasteiger partial charge in [0.2, 0.25) is 5.91 Å². The topological polar surface area (TPSA) is 79.3 Å². The summed E-state index contributed by atoms with van der Waals surface area (Å²) in [5, 5.41) is 10.4. The molecule has 7 heteroatoms. The number of amides is 3. The number of hydrogen-bond acceptors (Lipinski definition) is 3. The van der Waals surface area contributed by atoms with Crippen molar-refractivity contribution < 1.29 is 9.59 Å². The molecule has 24 heavy (non-hydrogen) atoms. The number of carbonyl (C=O) groups excluding carboxylic acids is 2. The standard InChI is InChI=1S/C17H29N5O2/c1-12(11-22-14(3)9-13(2)20-22)10-18-17(24)19-16-5-7-21(8-6-16)15(4)23/h9,12,16H,5-8,10-11H2,1-4H3,(H2,18,19,24). The molecule has 3 amide bonds. The lowest BCUT2D eigenvalue weighted by atomic mass is 10.1. The quantitative estimate of drug-likeness (QED) is 0.855. The number of nitrogens with zero attached hydrogens (tertiary/aromatic N) is 3. The molecule has 1 saturated heterocycles. The maximum absolute atomic E-state index is 12.0. The van der Waals surface area contributed by atoms with E-state index in [2.05, 4.69) is 28.7 Å². The van der Waals surface area contributed by atoms with Crippen LogP contribution in [0.25, 0.3) is 0 Å². The number of urea groups is 1. The predicted molar refractivity (Wildman–Crippen MR) is 92.7 cm³/mol. The van der Waals surface area contributed by atoms with Gasteiger partial charge in [0.15, 0.2) is 0 Å². The van der Waals surface area contributed by atoms with Gasteiger partial charge in [-0.15, -0.1) is 0 Å². The third kappa shape index (κ3) is 5.25. The molecule has 0 spiro atoms. The summed E-state index contributed by atoms with van der Waals surface area (Å²) in [4.78, 5) is 25.2. The van der Waals surface area contributed by atoms with E-state index in [-0.39, 0.29) is 18.0 Å². The molecule has 2 heterocycles. The average molecular weight is 335 g/mol. The molecular weight excluding hydrogens is 306 g/mol. The minimum Gasteiger partial charge on any atom is -0.343 e. The van der Waals surface area contributed by atoms with Crippen molar-refractivity contribution in [3.05, 3.63) is 17.5 Å². The molecule has 1 unspecified atom stereocenters. The first-order valence-corrected chi connectivity index (χ1v) is 8.66. The van der Waals surface area contributed by atoms with E-state index < -0.39 is 0 Å². The van der Waals surface area contributed by atoms with Gasteiger partial charge < -0.3 is 15.5 Å². The number of rotatable bonds is 5. The van der Waals surface area contributed by atoms with Gasteiger partial charge in [-0.05, 0) is 38.7 Å². The van der Waals surface area contributed by atoms with Crippen molar-refractivity contribution in [2.45, 2.75) is 53.1 Å². The molecule has 7 nitrogen and oxygen atoms in total. The van der Waals surface area contributed by atoms with Gasteiger partial charge in [0.1, 0.15) is 0 Å². The van der Waals surface area contributed by atoms with E-state index in [0.29, 0.717) is 25.6 Å². The summed E-state index contributed by atoms with van der Waals surface area (Å²) in [7, 11) is 0. The second-order valence-corrected chi connectivity index (χ2v) is 6.85. The highest BCUT2D eigenvalue weighted by molar-refractivity contribution is 5.74. The minimum absolute atomic E-state index is 0.107. The molecule has 134 valence electrons. The zero-order valence-corrected chi connectivity index (χ0v) is 15.1. The zero-order valence-electron chi connectivity index (χ0n) is 15.1. The van der Waals surface area contributed by atoms with Crippen LogP contribution in [0.15, 0.2) is 6.07 Å². The Morgan fingerprint density at radius 2 is 2.00 bits per heavy atom. The van der Waals surface area contributed by atoms with Crippen LogP contribution in [-0.4, -0.2) is 52.3 Å². The van der Waals surface area contributed by atoms with Crippen molar-refractivity contribution >= 4 is 11.9 Å². The number of hydrogen-bond donors (Lipinski definition) is 2. The maximum atomic E-state index is 12.0. The number of piperidine rings is 1. The van der Waals surface area contributed by atoms with Crippen LogP contribution in [0.4, 0.5) is 4.79 Å². The largest absolute Gasteiger partial charge is 0.343 e. The molecule has 0 radical (unpaired) electrons. The molecule has 2 rings (SSSR count). The van der Waals surface area contributed by atoms with E-state index in [1.54, 1.807) is 6.92 Å². The smallest absolute Gasteiger partial charge is 0.315 e. The highest BCUT2D eigenvalue weighted by Crippen LogP contribution is 2.10. The lowest BCUT2D eigenvalue weighted by Crippen LogP contribution is -2.49. The van der Waals surface area contributed by atoms with E-state index in [0.717, 1.165) is 30.8 Å². The highest BCUT2D eigenvalue weighted by Gasteiger charge is 2.21. The van der Waals surface area contributed by atoms with Gasteiger partial charge in [-0.25, -0.2) is 4.79 Å². The van der Waals surface area contributed by atoms with Gasteiger partial charge in [0.25, 0.3) is 0 Å². The fourth-order valence-electron chi connectivity index (χ4n) is 3.06. The van der Waals surface area contributed by atoms with Crippen LogP contribution in [0.3, 0.4) is 0 Å². The summed E-state index contributed by atoms with van der Waals surface area (Å²) < 4.78 is 1.98. The molecule has 0 aromatic carbocycles. The first-order valence-electron chi connectivity index (χ1n) is 8.66. The van der Waals surface area contributed by atoms with Crippen molar-refractivity contribution in [3.63, 3.8) is 0 Å². The Labute approximate surface area is 143 Å². The molecule has 1 fully saturated rings. The van der Waals surface area contributed by atoms with Crippen molar-refractivity contribution in [2.24, 2.45) is 5.92 Å². The van der Waals surface area contributed by atoms with Gasteiger partial charge in [0, 0.05) is 44.8 Å². The van der Waals surface area contributed by atoms with E-state index in [1.165, 1.54) is 0 Å². The van der Waals surface area contributed by atoms with Crippen LogP contribution in [-0.2, 0) is 11.3 Å². The third-order valence-corrected chi connectivity index (χ3v) is 4.47.